The van der Waals surface area contributed by atoms with E-state index in [2.05, 4.69) is 62.0 Å². The summed E-state index contributed by atoms with van der Waals surface area (Å²) in [7, 11) is 0.467. The molecule has 3 aromatic rings. The summed E-state index contributed by atoms with van der Waals surface area (Å²) in [6.07, 6.45) is 0. The maximum absolute atomic E-state index is 9.22. The minimum Gasteiger partial charge on any atom is -0.726 e. The molecule has 0 saturated carbocycles. The van der Waals surface area contributed by atoms with Gasteiger partial charge in [-0.25, -0.2) is 13.0 Å². The van der Waals surface area contributed by atoms with Gasteiger partial charge in [0.15, 0.2) is 0 Å². The van der Waals surface area contributed by atoms with Crippen LogP contribution in [-0.4, -0.2) is 24.6 Å². The molecular weight excluding hydrogens is 376 g/mol. The smallest absolute Gasteiger partial charge is 0.408 e. The zero-order valence-corrected chi connectivity index (χ0v) is 16.8. The number of para-hydroxylation sites is 1. The van der Waals surface area contributed by atoms with Crippen molar-refractivity contribution in [3.8, 4) is 0 Å². The number of hydrogen-bond donors (Lipinski definition) is 0. The number of azo groups is 1. The molecule has 0 spiro atoms. The Bertz CT molecular complexity index is 1050. The van der Waals surface area contributed by atoms with E-state index in [-0.39, 0.29) is 0 Å². The van der Waals surface area contributed by atoms with Gasteiger partial charge in [-0.05, 0) is 36.4 Å². The average Bonchev–Trinajstić information content (AvgIpc) is 3.05. The van der Waals surface area contributed by atoms with Crippen molar-refractivity contribution < 1.29 is 21.7 Å². The largest absolute Gasteiger partial charge is 0.726 e. The topological polar surface area (TPSA) is 100.0 Å². The fraction of sp³-hybridized carbons (Fsp3) is 0.312. The highest BCUT2D eigenvalue weighted by atomic mass is 32.3. The second-order valence-corrected chi connectivity index (χ2v) is 7.49. The lowest BCUT2D eigenvalue weighted by Crippen LogP contribution is -2.28. The Morgan fingerprint density at radius 2 is 1.85 bits per heavy atom. The third-order valence-corrected chi connectivity index (χ3v) is 5.39. The molecule has 0 aliphatic heterocycles. The van der Waals surface area contributed by atoms with E-state index >= 15 is 0 Å². The molecule has 0 saturated heterocycles. The van der Waals surface area contributed by atoms with Crippen molar-refractivity contribution in [1.29, 1.82) is 0 Å². The van der Waals surface area contributed by atoms with Crippen molar-refractivity contribution in [2.75, 3.05) is 7.11 Å². The van der Waals surface area contributed by atoms with Crippen LogP contribution in [0.2, 0.25) is 0 Å². The van der Waals surface area contributed by atoms with Crippen LogP contribution in [0.15, 0.2) is 39.9 Å². The summed E-state index contributed by atoms with van der Waals surface area (Å²) >= 11 is 1.61. The predicted octanol–water partition coefficient (Wildman–Crippen LogP) is 3.19. The van der Waals surface area contributed by atoms with Gasteiger partial charge in [-0.2, -0.15) is 0 Å². The van der Waals surface area contributed by atoms with Gasteiger partial charge >= 0.3 is 5.13 Å². The molecule has 0 aliphatic carbocycles. The van der Waals surface area contributed by atoms with Crippen LogP contribution in [0, 0.1) is 13.8 Å². The van der Waals surface area contributed by atoms with E-state index < -0.39 is 10.4 Å². The lowest BCUT2D eigenvalue weighted by atomic mass is 10.2. The lowest BCUT2D eigenvalue weighted by molar-refractivity contribution is -0.660. The van der Waals surface area contributed by atoms with Gasteiger partial charge in [0.2, 0.25) is 10.4 Å². The molecule has 26 heavy (non-hydrogen) atoms. The summed E-state index contributed by atoms with van der Waals surface area (Å²) in [4.78, 5) is 0. The first-order valence-corrected chi connectivity index (χ1v) is 9.78. The third kappa shape index (κ3) is 4.52. The van der Waals surface area contributed by atoms with Gasteiger partial charge < -0.3 is 9.12 Å². The first kappa shape index (κ1) is 20.2. The number of rotatable bonds is 3. The second-order valence-electron chi connectivity index (χ2n) is 5.50. The molecule has 8 nitrogen and oxygen atoms in total. The van der Waals surface area contributed by atoms with E-state index in [1.54, 1.807) is 11.3 Å². The Hall–Kier alpha value is -2.14. The molecule has 0 aliphatic rings. The SMILES string of the molecule is COS(=O)(=O)[O-].Cc1c(N=Nc2scc(C)[n+]2C)c2ccccc2n1C. The lowest BCUT2D eigenvalue weighted by Gasteiger charge is -1.98. The van der Waals surface area contributed by atoms with Gasteiger partial charge in [-0.15, -0.1) is 0 Å². The van der Waals surface area contributed by atoms with E-state index in [0.29, 0.717) is 0 Å². The van der Waals surface area contributed by atoms with Gasteiger partial charge in [0.05, 0.1) is 24.8 Å². The van der Waals surface area contributed by atoms with Gasteiger partial charge in [-0.1, -0.05) is 18.2 Å². The van der Waals surface area contributed by atoms with Crippen molar-refractivity contribution in [3.05, 3.63) is 41.0 Å². The number of nitrogens with zero attached hydrogens (tertiary/aromatic N) is 4. The summed E-state index contributed by atoms with van der Waals surface area (Å²) < 4.78 is 35.2. The molecule has 140 valence electrons. The van der Waals surface area contributed by atoms with E-state index in [1.807, 2.05) is 19.2 Å². The Morgan fingerprint density at radius 1 is 1.23 bits per heavy atom. The van der Waals surface area contributed by atoms with Crippen molar-refractivity contribution >= 4 is 43.5 Å². The van der Waals surface area contributed by atoms with Gasteiger partial charge in [-0.3, -0.25) is 4.18 Å². The average molecular weight is 396 g/mol. The number of hydrogen-bond acceptors (Lipinski definition) is 7. The van der Waals surface area contributed by atoms with Gasteiger partial charge in [0, 0.05) is 23.5 Å². The van der Waals surface area contributed by atoms with Crippen LogP contribution in [0.3, 0.4) is 0 Å². The fourth-order valence-electron chi connectivity index (χ4n) is 2.26. The number of aromatic nitrogens is 2. The molecule has 0 radical (unpaired) electrons. The van der Waals surface area contributed by atoms with Crippen molar-refractivity contribution in [2.24, 2.45) is 24.3 Å². The maximum atomic E-state index is 9.22. The van der Waals surface area contributed by atoms with Crippen LogP contribution in [-0.2, 0) is 28.7 Å². The number of thiazole rings is 1. The van der Waals surface area contributed by atoms with Crippen LogP contribution < -0.4 is 4.57 Å². The van der Waals surface area contributed by atoms with Crippen LogP contribution in [0.1, 0.15) is 11.4 Å². The van der Waals surface area contributed by atoms with Crippen LogP contribution >= 0.6 is 11.3 Å². The van der Waals surface area contributed by atoms with Crippen molar-refractivity contribution in [2.45, 2.75) is 13.8 Å². The predicted molar refractivity (Wildman–Crippen MR) is 98.8 cm³/mol. The normalized spacial score (nSPS) is 11.8. The monoisotopic (exact) mass is 396 g/mol. The summed E-state index contributed by atoms with van der Waals surface area (Å²) in [6.45, 7) is 4.15. The molecule has 1 aromatic carbocycles. The fourth-order valence-corrected chi connectivity index (χ4v) is 3.08. The number of aryl methyl sites for hydroxylation is 2. The summed E-state index contributed by atoms with van der Waals surface area (Å²) in [5.41, 5.74) is 4.46. The highest BCUT2D eigenvalue weighted by Crippen LogP contribution is 2.33. The Morgan fingerprint density at radius 3 is 2.38 bits per heavy atom. The minimum absolute atomic E-state index is 0.808. The van der Waals surface area contributed by atoms with Crippen LogP contribution in [0.5, 0.6) is 0 Å². The standard InChI is InChI=1S/C15H17N4S.CH4O4S/c1-10-9-20-15(18(10)3)17-16-14-11(2)19(4)13-8-6-5-7-12(13)14;1-5-6(2,3)4/h5-9H,1-4H3;1H3,(H,2,3,4)/q+1;/p-1. The third-order valence-electron chi connectivity index (χ3n) is 3.96. The highest BCUT2D eigenvalue weighted by molar-refractivity contribution is 7.80. The summed E-state index contributed by atoms with van der Waals surface area (Å²) in [5.74, 6) is 0. The maximum Gasteiger partial charge on any atom is 0.408 e. The van der Waals surface area contributed by atoms with Crippen LogP contribution in [0.4, 0.5) is 10.8 Å². The molecular formula is C16H20N4O4S2. The molecule has 0 N–H and O–H groups in total. The van der Waals surface area contributed by atoms with Crippen LogP contribution in [0.25, 0.3) is 10.9 Å². The van der Waals surface area contributed by atoms with Crippen molar-refractivity contribution in [1.82, 2.24) is 4.57 Å². The molecule has 2 aromatic heterocycles. The Labute approximate surface area is 156 Å². The molecule has 3 rings (SSSR count). The molecule has 0 unspecified atom stereocenters. The summed E-state index contributed by atoms with van der Waals surface area (Å²) in [6, 6.07) is 8.29. The zero-order valence-electron chi connectivity index (χ0n) is 15.1. The van der Waals surface area contributed by atoms with E-state index in [4.69, 9.17) is 0 Å². The van der Waals surface area contributed by atoms with Gasteiger partial charge in [0.25, 0.3) is 0 Å². The number of fused-ring (bicyclic) bond motifs is 1. The zero-order chi connectivity index (χ0) is 19.5. The van der Waals surface area contributed by atoms with Crippen molar-refractivity contribution in [3.63, 3.8) is 0 Å². The summed E-state index contributed by atoms with van der Waals surface area (Å²) in [5, 5.41) is 13.1. The molecule has 0 bridgehead atoms. The van der Waals surface area contributed by atoms with E-state index in [1.165, 1.54) is 11.2 Å². The second kappa shape index (κ2) is 8.04. The molecule has 0 amide bonds. The Kier molecular flexibility index (Phi) is 6.24. The Balaban J connectivity index is 0.000000352. The highest BCUT2D eigenvalue weighted by Gasteiger charge is 2.15. The molecule has 2 heterocycles. The molecule has 0 atom stereocenters. The quantitative estimate of drug-likeness (QED) is 0.294. The number of benzene rings is 1. The molecule has 0 fully saturated rings. The molecule has 10 heteroatoms. The first-order chi connectivity index (χ1) is 12.2. The van der Waals surface area contributed by atoms with E-state index in [0.717, 1.165) is 29.0 Å². The van der Waals surface area contributed by atoms with Gasteiger partial charge in [0.1, 0.15) is 11.4 Å². The first-order valence-electron chi connectivity index (χ1n) is 7.57. The minimum atomic E-state index is -4.41. The van der Waals surface area contributed by atoms with E-state index in [9.17, 15) is 13.0 Å².